The number of methoxy groups -OCH3 is 1. The van der Waals surface area contributed by atoms with Gasteiger partial charge in [0, 0.05) is 18.5 Å². The lowest BCUT2D eigenvalue weighted by Gasteiger charge is -2.13. The largest absolute Gasteiger partial charge is 0.496 e. The number of rotatable bonds is 9. The van der Waals surface area contributed by atoms with E-state index < -0.39 is 5.97 Å². The summed E-state index contributed by atoms with van der Waals surface area (Å²) in [7, 11) is 1.68. The third kappa shape index (κ3) is 6.06. The van der Waals surface area contributed by atoms with Gasteiger partial charge in [-0.15, -0.1) is 0 Å². The molecule has 0 fully saturated rings. The smallest absolute Gasteiger partial charge is 0.303 e. The molecule has 1 atom stereocenters. The van der Waals surface area contributed by atoms with Gasteiger partial charge in [0.1, 0.15) is 5.75 Å². The summed E-state index contributed by atoms with van der Waals surface area (Å²) in [4.78, 5) is 10.5. The number of carbonyl (C=O) groups is 1. The van der Waals surface area contributed by atoms with Gasteiger partial charge in [0.25, 0.3) is 0 Å². The minimum Gasteiger partial charge on any atom is -0.496 e. The molecule has 0 aromatic heterocycles. The number of benzene rings is 1. The van der Waals surface area contributed by atoms with Crippen LogP contribution in [0.3, 0.4) is 0 Å². The van der Waals surface area contributed by atoms with Gasteiger partial charge in [-0.3, -0.25) is 4.79 Å². The van der Waals surface area contributed by atoms with Crippen LogP contribution in [0.5, 0.6) is 5.75 Å². The van der Waals surface area contributed by atoms with Crippen molar-refractivity contribution in [2.24, 2.45) is 5.92 Å². The van der Waals surface area contributed by atoms with E-state index in [2.05, 4.69) is 25.2 Å². The molecule has 4 heteroatoms. The van der Waals surface area contributed by atoms with E-state index in [4.69, 9.17) is 9.84 Å². The second kappa shape index (κ2) is 8.59. The Bertz CT molecular complexity index is 432. The molecule has 2 N–H and O–H groups in total. The molecule has 0 saturated heterocycles. The first-order valence-electron chi connectivity index (χ1n) is 7.09. The maximum absolute atomic E-state index is 10.5. The summed E-state index contributed by atoms with van der Waals surface area (Å²) in [5, 5.41) is 12.0. The molecule has 0 saturated carbocycles. The second-order valence-electron chi connectivity index (χ2n) is 5.32. The van der Waals surface area contributed by atoms with Crippen LogP contribution in [-0.2, 0) is 11.3 Å². The molecule has 1 aromatic rings. The van der Waals surface area contributed by atoms with Gasteiger partial charge in [-0.05, 0) is 38.3 Å². The lowest BCUT2D eigenvalue weighted by atomic mass is 10.0. The van der Waals surface area contributed by atoms with E-state index in [1.165, 1.54) is 5.56 Å². The van der Waals surface area contributed by atoms with E-state index in [1.54, 1.807) is 7.11 Å². The fourth-order valence-corrected chi connectivity index (χ4v) is 2.13. The molecule has 0 aliphatic heterocycles. The molecule has 4 nitrogen and oxygen atoms in total. The van der Waals surface area contributed by atoms with Crippen LogP contribution in [0, 0.1) is 12.8 Å². The molecule has 112 valence electrons. The lowest BCUT2D eigenvalue weighted by molar-refractivity contribution is -0.137. The Morgan fingerprint density at radius 3 is 2.80 bits per heavy atom. The Morgan fingerprint density at radius 1 is 1.40 bits per heavy atom. The molecular weight excluding hydrogens is 254 g/mol. The minimum absolute atomic E-state index is 0.257. The van der Waals surface area contributed by atoms with E-state index in [0.717, 1.165) is 37.2 Å². The van der Waals surface area contributed by atoms with Crippen LogP contribution in [-0.4, -0.2) is 24.7 Å². The Morgan fingerprint density at radius 2 is 2.15 bits per heavy atom. The van der Waals surface area contributed by atoms with Crippen molar-refractivity contribution < 1.29 is 14.6 Å². The van der Waals surface area contributed by atoms with E-state index in [1.807, 2.05) is 12.1 Å². The SMILES string of the molecule is COc1ccc(C)cc1CNCCC(C)CCC(=O)O. The fraction of sp³-hybridized carbons (Fsp3) is 0.562. The number of carboxylic acid groups (broad SMARTS) is 1. The molecule has 1 rings (SSSR count). The molecule has 20 heavy (non-hydrogen) atoms. The van der Waals surface area contributed by atoms with Gasteiger partial charge in [-0.1, -0.05) is 24.6 Å². The number of aryl methyl sites for hydroxylation is 1. The van der Waals surface area contributed by atoms with Gasteiger partial charge < -0.3 is 15.2 Å². The highest BCUT2D eigenvalue weighted by molar-refractivity contribution is 5.66. The van der Waals surface area contributed by atoms with E-state index in [9.17, 15) is 4.79 Å². The van der Waals surface area contributed by atoms with Crippen molar-refractivity contribution in [1.29, 1.82) is 0 Å². The zero-order valence-corrected chi connectivity index (χ0v) is 12.6. The Hall–Kier alpha value is -1.55. The summed E-state index contributed by atoms with van der Waals surface area (Å²) in [6.07, 6.45) is 1.99. The number of aliphatic carboxylic acids is 1. The van der Waals surface area contributed by atoms with Crippen molar-refractivity contribution in [1.82, 2.24) is 5.32 Å². The van der Waals surface area contributed by atoms with Crippen LogP contribution < -0.4 is 10.1 Å². The molecule has 0 aliphatic carbocycles. The average Bonchev–Trinajstić information content (AvgIpc) is 2.41. The van der Waals surface area contributed by atoms with Crippen LogP contribution in [0.25, 0.3) is 0 Å². The summed E-state index contributed by atoms with van der Waals surface area (Å²) >= 11 is 0. The second-order valence-corrected chi connectivity index (χ2v) is 5.32. The van der Waals surface area contributed by atoms with Crippen molar-refractivity contribution in [3.8, 4) is 5.75 Å². The van der Waals surface area contributed by atoms with Crippen LogP contribution in [0.4, 0.5) is 0 Å². The van der Waals surface area contributed by atoms with E-state index in [-0.39, 0.29) is 6.42 Å². The van der Waals surface area contributed by atoms with Gasteiger partial charge >= 0.3 is 5.97 Å². The molecule has 0 aliphatic rings. The molecule has 0 amide bonds. The maximum Gasteiger partial charge on any atom is 0.303 e. The molecule has 0 spiro atoms. The predicted molar refractivity (Wildman–Crippen MR) is 80.1 cm³/mol. The highest BCUT2D eigenvalue weighted by Crippen LogP contribution is 2.19. The van der Waals surface area contributed by atoms with Gasteiger partial charge in [0.05, 0.1) is 7.11 Å². The molecule has 0 bridgehead atoms. The van der Waals surface area contributed by atoms with Crippen molar-refractivity contribution >= 4 is 5.97 Å². The van der Waals surface area contributed by atoms with Crippen LogP contribution in [0.1, 0.15) is 37.3 Å². The number of hydrogen-bond donors (Lipinski definition) is 2. The predicted octanol–water partition coefficient (Wildman–Crippen LogP) is 2.98. The molecule has 0 heterocycles. The third-order valence-corrected chi connectivity index (χ3v) is 3.42. The third-order valence-electron chi connectivity index (χ3n) is 3.42. The first-order valence-corrected chi connectivity index (χ1v) is 7.09. The number of nitrogens with one attached hydrogen (secondary N) is 1. The topological polar surface area (TPSA) is 58.6 Å². The van der Waals surface area contributed by atoms with Crippen molar-refractivity contribution in [2.45, 2.75) is 39.7 Å². The average molecular weight is 279 g/mol. The Labute approximate surface area is 121 Å². The fourth-order valence-electron chi connectivity index (χ4n) is 2.13. The molecule has 0 radical (unpaired) electrons. The van der Waals surface area contributed by atoms with Crippen LogP contribution in [0.15, 0.2) is 18.2 Å². The normalized spacial score (nSPS) is 12.2. The summed E-state index contributed by atoms with van der Waals surface area (Å²) < 4.78 is 5.34. The number of carboxylic acids is 1. The highest BCUT2D eigenvalue weighted by atomic mass is 16.5. The monoisotopic (exact) mass is 279 g/mol. The standard InChI is InChI=1S/C16H25NO3/c1-12(5-7-16(18)19)8-9-17-11-14-10-13(2)4-6-15(14)20-3/h4,6,10,12,17H,5,7-9,11H2,1-3H3,(H,18,19). The summed E-state index contributed by atoms with van der Waals surface area (Å²) in [6.45, 7) is 5.82. The van der Waals surface area contributed by atoms with Gasteiger partial charge in [-0.25, -0.2) is 0 Å². The van der Waals surface area contributed by atoms with Crippen molar-refractivity contribution in [3.63, 3.8) is 0 Å². The minimum atomic E-state index is -0.714. The summed E-state index contributed by atoms with van der Waals surface area (Å²) in [5.74, 6) is 0.620. The van der Waals surface area contributed by atoms with Gasteiger partial charge in [-0.2, -0.15) is 0 Å². The summed E-state index contributed by atoms with van der Waals surface area (Å²) in [5.41, 5.74) is 2.38. The van der Waals surface area contributed by atoms with E-state index >= 15 is 0 Å². The molecule has 1 aromatic carbocycles. The number of hydrogen-bond acceptors (Lipinski definition) is 3. The van der Waals surface area contributed by atoms with Crippen LogP contribution >= 0.6 is 0 Å². The highest BCUT2D eigenvalue weighted by Gasteiger charge is 2.06. The number of ether oxygens (including phenoxy) is 1. The zero-order chi connectivity index (χ0) is 15.0. The molecule has 1 unspecified atom stereocenters. The van der Waals surface area contributed by atoms with Crippen LogP contribution in [0.2, 0.25) is 0 Å². The van der Waals surface area contributed by atoms with Crippen molar-refractivity contribution in [3.05, 3.63) is 29.3 Å². The summed E-state index contributed by atoms with van der Waals surface area (Å²) in [6, 6.07) is 6.15. The lowest BCUT2D eigenvalue weighted by Crippen LogP contribution is -2.18. The quantitative estimate of drug-likeness (QED) is 0.682. The first-order chi connectivity index (χ1) is 9.52. The van der Waals surface area contributed by atoms with Gasteiger partial charge in [0.15, 0.2) is 0 Å². The zero-order valence-electron chi connectivity index (χ0n) is 12.6. The van der Waals surface area contributed by atoms with Crippen molar-refractivity contribution in [2.75, 3.05) is 13.7 Å². The first kappa shape index (κ1) is 16.5. The van der Waals surface area contributed by atoms with E-state index in [0.29, 0.717) is 5.92 Å². The molecular formula is C16H25NO3. The Kier molecular flexibility index (Phi) is 7.09. The Balaban J connectivity index is 2.30. The van der Waals surface area contributed by atoms with Gasteiger partial charge in [0.2, 0.25) is 0 Å². The maximum atomic E-state index is 10.5.